The molecule has 3 aromatic rings. The Morgan fingerprint density at radius 3 is 2.62 bits per heavy atom. The zero-order valence-electron chi connectivity index (χ0n) is 11.5. The average molecular weight is 285 g/mol. The molecule has 21 heavy (non-hydrogen) atoms. The highest BCUT2D eigenvalue weighted by Gasteiger charge is 2.11. The number of halogens is 1. The number of fused-ring (bicyclic) bond motifs is 1. The van der Waals surface area contributed by atoms with E-state index in [0.29, 0.717) is 10.9 Å². The molecule has 1 aromatic carbocycles. The van der Waals surface area contributed by atoms with E-state index in [-0.39, 0.29) is 22.1 Å². The Morgan fingerprint density at radius 1 is 1.14 bits per heavy atom. The summed E-state index contributed by atoms with van der Waals surface area (Å²) in [6.07, 6.45) is 3.07. The number of aromatic nitrogens is 3. The zero-order chi connectivity index (χ0) is 15.1. The fourth-order valence-electron chi connectivity index (χ4n) is 2.19. The van der Waals surface area contributed by atoms with Gasteiger partial charge in [-0.15, -0.1) is 0 Å². The maximum absolute atomic E-state index is 14.3. The van der Waals surface area contributed by atoms with E-state index in [1.54, 1.807) is 19.3 Å². The first-order valence-electron chi connectivity index (χ1n) is 6.30. The van der Waals surface area contributed by atoms with Gasteiger partial charge >= 0.3 is 0 Å². The molecule has 0 saturated heterocycles. The van der Waals surface area contributed by atoms with Gasteiger partial charge in [-0.1, -0.05) is 0 Å². The summed E-state index contributed by atoms with van der Waals surface area (Å²) in [6.45, 7) is 0. The molecule has 0 bridgehead atoms. The second-order valence-corrected chi connectivity index (χ2v) is 4.86. The van der Waals surface area contributed by atoms with Gasteiger partial charge in [0.1, 0.15) is 5.82 Å². The molecule has 0 N–H and O–H groups in total. The summed E-state index contributed by atoms with van der Waals surface area (Å²) in [6, 6.07) is 5.73. The summed E-state index contributed by atoms with van der Waals surface area (Å²) < 4.78 is 16.8. The van der Waals surface area contributed by atoms with Crippen molar-refractivity contribution in [1.29, 1.82) is 0 Å². The van der Waals surface area contributed by atoms with Crippen molar-refractivity contribution in [2.45, 2.75) is 0 Å². The van der Waals surface area contributed by atoms with Crippen LogP contribution in [-0.2, 0) is 14.1 Å². The zero-order valence-corrected chi connectivity index (χ0v) is 11.5. The molecule has 106 valence electrons. The maximum Gasteiger partial charge on any atom is 0.274 e. The molecule has 0 amide bonds. The minimum atomic E-state index is -0.543. The average Bonchev–Trinajstić information content (AvgIpc) is 2.46. The molecular weight excluding hydrogens is 273 g/mol. The van der Waals surface area contributed by atoms with Gasteiger partial charge in [0.05, 0.1) is 11.6 Å². The van der Waals surface area contributed by atoms with Crippen LogP contribution in [0.4, 0.5) is 4.39 Å². The number of aryl methyl sites for hydroxylation is 2. The Bertz CT molecular complexity index is 973. The number of rotatable bonds is 1. The minimum Gasteiger partial charge on any atom is -0.319 e. The van der Waals surface area contributed by atoms with Crippen LogP contribution >= 0.6 is 0 Å². The van der Waals surface area contributed by atoms with Crippen molar-refractivity contribution in [3.8, 4) is 11.1 Å². The van der Waals surface area contributed by atoms with Crippen molar-refractivity contribution in [2.24, 2.45) is 14.1 Å². The summed E-state index contributed by atoms with van der Waals surface area (Å²) >= 11 is 0. The molecule has 0 saturated carbocycles. The van der Waals surface area contributed by atoms with Crippen molar-refractivity contribution < 1.29 is 4.39 Å². The highest BCUT2D eigenvalue weighted by molar-refractivity contribution is 5.86. The van der Waals surface area contributed by atoms with Crippen LogP contribution in [0.25, 0.3) is 21.9 Å². The van der Waals surface area contributed by atoms with Crippen molar-refractivity contribution in [2.75, 3.05) is 0 Å². The highest BCUT2D eigenvalue weighted by Crippen LogP contribution is 2.25. The van der Waals surface area contributed by atoms with Crippen molar-refractivity contribution >= 4 is 10.8 Å². The van der Waals surface area contributed by atoms with E-state index in [1.165, 1.54) is 36.0 Å². The van der Waals surface area contributed by atoms with E-state index >= 15 is 0 Å². The van der Waals surface area contributed by atoms with Gasteiger partial charge < -0.3 is 4.57 Å². The smallest absolute Gasteiger partial charge is 0.274 e. The first-order chi connectivity index (χ1) is 9.97. The number of benzene rings is 1. The molecule has 3 rings (SSSR count). The molecule has 0 aliphatic carbocycles. The van der Waals surface area contributed by atoms with Gasteiger partial charge in [0.25, 0.3) is 11.1 Å². The van der Waals surface area contributed by atoms with Crippen LogP contribution in [0.1, 0.15) is 0 Å². The van der Waals surface area contributed by atoms with Crippen molar-refractivity contribution in [3.63, 3.8) is 0 Å². The van der Waals surface area contributed by atoms with Gasteiger partial charge in [0, 0.05) is 37.3 Å². The molecule has 2 aromatic heterocycles. The van der Waals surface area contributed by atoms with E-state index < -0.39 is 5.82 Å². The van der Waals surface area contributed by atoms with Gasteiger partial charge in [-0.05, 0) is 23.8 Å². The molecule has 2 heterocycles. The lowest BCUT2D eigenvalue weighted by Gasteiger charge is -2.07. The molecule has 0 radical (unpaired) electrons. The number of pyridine rings is 1. The molecular formula is C15H12FN3O2. The number of nitrogens with zero attached hydrogens (tertiary/aromatic N) is 3. The molecule has 0 aliphatic heterocycles. The van der Waals surface area contributed by atoms with Gasteiger partial charge in [0.15, 0.2) is 0 Å². The third-order valence-electron chi connectivity index (χ3n) is 3.45. The third kappa shape index (κ3) is 2.14. The Morgan fingerprint density at radius 2 is 1.90 bits per heavy atom. The van der Waals surface area contributed by atoms with Gasteiger partial charge in [-0.25, -0.2) is 9.07 Å². The normalized spacial score (nSPS) is 11.0. The summed E-state index contributed by atoms with van der Waals surface area (Å²) in [7, 11) is 3.13. The van der Waals surface area contributed by atoms with Crippen LogP contribution in [0.2, 0.25) is 0 Å². The van der Waals surface area contributed by atoms with Crippen LogP contribution in [0, 0.1) is 5.82 Å². The van der Waals surface area contributed by atoms with E-state index in [1.807, 2.05) is 0 Å². The second kappa shape index (κ2) is 4.66. The van der Waals surface area contributed by atoms with Crippen LogP contribution in [0.15, 0.2) is 46.2 Å². The Labute approximate surface area is 118 Å². The number of hydrogen-bond donors (Lipinski definition) is 0. The minimum absolute atomic E-state index is 0.228. The summed E-state index contributed by atoms with van der Waals surface area (Å²) in [5.74, 6) is -0.543. The predicted octanol–water partition coefficient (Wildman–Crippen LogP) is 1.44. The van der Waals surface area contributed by atoms with Gasteiger partial charge in [-0.2, -0.15) is 5.10 Å². The quantitative estimate of drug-likeness (QED) is 0.680. The van der Waals surface area contributed by atoms with E-state index in [4.69, 9.17) is 0 Å². The van der Waals surface area contributed by atoms with Gasteiger partial charge in [0.2, 0.25) is 0 Å². The van der Waals surface area contributed by atoms with E-state index in [2.05, 4.69) is 5.10 Å². The highest BCUT2D eigenvalue weighted by atomic mass is 19.1. The van der Waals surface area contributed by atoms with Crippen molar-refractivity contribution in [3.05, 3.63) is 63.2 Å². The number of hydrogen-bond acceptors (Lipinski definition) is 3. The summed E-state index contributed by atoms with van der Waals surface area (Å²) in [5.41, 5.74) is 0.157. The summed E-state index contributed by atoms with van der Waals surface area (Å²) in [5, 5.41) is 4.72. The largest absolute Gasteiger partial charge is 0.319 e. The second-order valence-electron chi connectivity index (χ2n) is 4.86. The predicted molar refractivity (Wildman–Crippen MR) is 77.6 cm³/mol. The molecule has 0 atom stereocenters. The maximum atomic E-state index is 14.3. The first kappa shape index (κ1) is 13.2. The molecule has 5 nitrogen and oxygen atoms in total. The Kier molecular flexibility index (Phi) is 2.94. The van der Waals surface area contributed by atoms with Crippen LogP contribution < -0.4 is 11.1 Å². The Hall–Kier alpha value is -2.76. The van der Waals surface area contributed by atoms with Crippen LogP contribution in [0.5, 0.6) is 0 Å². The first-order valence-corrected chi connectivity index (χ1v) is 6.30. The molecule has 0 aliphatic rings. The van der Waals surface area contributed by atoms with Crippen LogP contribution in [-0.4, -0.2) is 14.3 Å². The lowest BCUT2D eigenvalue weighted by Crippen LogP contribution is -2.19. The Balaban J connectivity index is 2.31. The monoisotopic (exact) mass is 285 g/mol. The van der Waals surface area contributed by atoms with Gasteiger partial charge in [-0.3, -0.25) is 9.59 Å². The van der Waals surface area contributed by atoms with Crippen LogP contribution in [0.3, 0.4) is 0 Å². The fraction of sp³-hybridized carbons (Fsp3) is 0.133. The SMILES string of the molecule is Cn1ccc(-c2cc3cnn(C)c(=O)c3cc2F)cc1=O. The standard InChI is InChI=1S/C15H12FN3O2/c1-18-4-3-9(6-14(18)20)11-5-10-8-17-19(2)15(21)12(10)7-13(11)16/h3-8H,1-2H3. The lowest BCUT2D eigenvalue weighted by atomic mass is 10.0. The molecule has 0 fully saturated rings. The topological polar surface area (TPSA) is 56.9 Å². The van der Waals surface area contributed by atoms with E-state index in [9.17, 15) is 14.0 Å². The molecule has 0 unspecified atom stereocenters. The molecule has 6 heteroatoms. The fourth-order valence-corrected chi connectivity index (χ4v) is 2.19. The lowest BCUT2D eigenvalue weighted by molar-refractivity contribution is 0.632. The van der Waals surface area contributed by atoms with Crippen molar-refractivity contribution in [1.82, 2.24) is 14.3 Å². The van der Waals surface area contributed by atoms with E-state index in [0.717, 1.165) is 4.68 Å². The third-order valence-corrected chi connectivity index (χ3v) is 3.45. The molecule has 0 spiro atoms. The summed E-state index contributed by atoms with van der Waals surface area (Å²) in [4.78, 5) is 23.6.